The monoisotopic (exact) mass is 157 g/mol. The van der Waals surface area contributed by atoms with Crippen molar-refractivity contribution in [3.05, 3.63) is 35.4 Å². The van der Waals surface area contributed by atoms with E-state index in [0.29, 0.717) is 5.56 Å². The van der Waals surface area contributed by atoms with E-state index >= 15 is 0 Å². The molecule has 0 saturated heterocycles. The van der Waals surface area contributed by atoms with Gasteiger partial charge >= 0.3 is 0 Å². The lowest BCUT2D eigenvalue weighted by Crippen LogP contribution is -2.00. The molecule has 0 amide bonds. The summed E-state index contributed by atoms with van der Waals surface area (Å²) in [6.45, 7) is 1.94. The highest BCUT2D eigenvalue weighted by atomic mass is 15.4. The smallest absolute Gasteiger partial charge is 0.192 e. The first-order valence-electron chi connectivity index (χ1n) is 3.69. The molecule has 0 spiro atoms. The maximum atomic E-state index is 8.55. The average Bonchev–Trinajstić information content (AvgIpc) is 2.85. The molecule has 3 nitrogen and oxygen atoms in total. The molecule has 0 unspecified atom stereocenters. The maximum absolute atomic E-state index is 8.55. The second-order valence-electron chi connectivity index (χ2n) is 2.91. The number of hydrogen-bond acceptors (Lipinski definition) is 3. The lowest BCUT2D eigenvalue weighted by molar-refractivity contribution is 0.729. The average molecular weight is 157 g/mol. The van der Waals surface area contributed by atoms with Crippen LogP contribution in [-0.2, 0) is 5.66 Å². The SMILES string of the molecule is CC1(c2ccc(C#N)cc2)N=N1. The maximum Gasteiger partial charge on any atom is 0.213 e. The molecule has 1 aromatic carbocycles. The Morgan fingerprint density at radius 3 is 2.25 bits per heavy atom. The van der Waals surface area contributed by atoms with Crippen LogP contribution in [0.2, 0.25) is 0 Å². The Bertz CT molecular complexity index is 364. The predicted molar refractivity (Wildman–Crippen MR) is 43.4 cm³/mol. The molecule has 1 heterocycles. The van der Waals surface area contributed by atoms with Crippen LogP contribution in [0, 0.1) is 11.3 Å². The zero-order chi connectivity index (χ0) is 8.60. The number of hydrogen-bond donors (Lipinski definition) is 0. The molecule has 0 N–H and O–H groups in total. The standard InChI is InChI=1S/C9H7N3/c1-9(11-12-9)8-4-2-7(6-10)3-5-8/h2-5H,1H3. The van der Waals surface area contributed by atoms with Crippen molar-refractivity contribution in [2.75, 3.05) is 0 Å². The molecule has 0 radical (unpaired) electrons. The molecule has 12 heavy (non-hydrogen) atoms. The summed E-state index contributed by atoms with van der Waals surface area (Å²) < 4.78 is 0. The third-order valence-corrected chi connectivity index (χ3v) is 1.96. The zero-order valence-corrected chi connectivity index (χ0v) is 6.65. The summed E-state index contributed by atoms with van der Waals surface area (Å²) in [5.41, 5.74) is 1.39. The van der Waals surface area contributed by atoms with E-state index in [4.69, 9.17) is 5.26 Å². The van der Waals surface area contributed by atoms with E-state index < -0.39 is 0 Å². The summed E-state index contributed by atoms with van der Waals surface area (Å²) in [6.07, 6.45) is 0. The lowest BCUT2D eigenvalue weighted by atomic mass is 10.0. The first-order chi connectivity index (χ1) is 5.74. The van der Waals surface area contributed by atoms with E-state index in [0.717, 1.165) is 5.56 Å². The topological polar surface area (TPSA) is 48.5 Å². The third kappa shape index (κ3) is 0.978. The molecule has 0 aromatic heterocycles. The molecule has 2 rings (SSSR count). The second kappa shape index (κ2) is 2.15. The number of nitriles is 1. The van der Waals surface area contributed by atoms with E-state index in [9.17, 15) is 0 Å². The molecule has 58 valence electrons. The van der Waals surface area contributed by atoms with Gasteiger partial charge in [-0.25, -0.2) is 0 Å². The Hall–Kier alpha value is -1.69. The van der Waals surface area contributed by atoms with Gasteiger partial charge < -0.3 is 0 Å². The van der Waals surface area contributed by atoms with Crippen LogP contribution in [0.4, 0.5) is 0 Å². The highest BCUT2D eigenvalue weighted by molar-refractivity contribution is 5.35. The number of rotatable bonds is 1. The van der Waals surface area contributed by atoms with Crippen molar-refractivity contribution in [2.24, 2.45) is 10.2 Å². The molecule has 0 fully saturated rings. The quantitative estimate of drug-likeness (QED) is 0.616. The van der Waals surface area contributed by atoms with Crippen molar-refractivity contribution >= 4 is 0 Å². The van der Waals surface area contributed by atoms with Gasteiger partial charge in [0.1, 0.15) is 0 Å². The summed E-state index contributed by atoms with van der Waals surface area (Å²) in [4.78, 5) is 0. The molecule has 0 aliphatic carbocycles. The fraction of sp³-hybridized carbons (Fsp3) is 0.222. The van der Waals surface area contributed by atoms with E-state index in [1.54, 1.807) is 12.1 Å². The highest BCUT2D eigenvalue weighted by Crippen LogP contribution is 2.38. The first kappa shape index (κ1) is 6.99. The first-order valence-corrected chi connectivity index (χ1v) is 3.69. The lowest BCUT2D eigenvalue weighted by Gasteiger charge is -2.02. The molecule has 1 aliphatic heterocycles. The third-order valence-electron chi connectivity index (χ3n) is 1.96. The molecule has 0 bridgehead atoms. The summed E-state index contributed by atoms with van der Waals surface area (Å²) in [7, 11) is 0. The van der Waals surface area contributed by atoms with Gasteiger partial charge in [0.2, 0.25) is 5.66 Å². The van der Waals surface area contributed by atoms with E-state index in [-0.39, 0.29) is 5.66 Å². The van der Waals surface area contributed by atoms with Gasteiger partial charge in [-0.1, -0.05) is 12.1 Å². The summed E-state index contributed by atoms with van der Waals surface area (Å²) in [5, 5.41) is 16.4. The molecule has 1 aliphatic rings. The van der Waals surface area contributed by atoms with Gasteiger partial charge in [-0.2, -0.15) is 15.5 Å². The highest BCUT2D eigenvalue weighted by Gasteiger charge is 2.35. The normalized spacial score (nSPS) is 17.0. The molecule has 0 atom stereocenters. The summed E-state index contributed by atoms with van der Waals surface area (Å²) in [6, 6.07) is 9.40. The molecule has 1 aromatic rings. The van der Waals surface area contributed by atoms with Crippen LogP contribution < -0.4 is 0 Å². The Morgan fingerprint density at radius 1 is 1.25 bits per heavy atom. The molecular weight excluding hydrogens is 150 g/mol. The van der Waals surface area contributed by atoms with Crippen molar-refractivity contribution < 1.29 is 0 Å². The minimum Gasteiger partial charge on any atom is -0.192 e. The van der Waals surface area contributed by atoms with Gasteiger partial charge in [0.25, 0.3) is 0 Å². The predicted octanol–water partition coefficient (Wildman–Crippen LogP) is 2.20. The number of nitrogens with zero attached hydrogens (tertiary/aromatic N) is 3. The summed E-state index contributed by atoms with van der Waals surface area (Å²) >= 11 is 0. The number of benzene rings is 1. The van der Waals surface area contributed by atoms with E-state index in [1.165, 1.54) is 0 Å². The van der Waals surface area contributed by atoms with Crippen molar-refractivity contribution in [1.29, 1.82) is 5.26 Å². The fourth-order valence-corrected chi connectivity index (χ4v) is 1.05. The molecule has 3 heteroatoms. The van der Waals surface area contributed by atoms with Crippen LogP contribution in [0.25, 0.3) is 0 Å². The van der Waals surface area contributed by atoms with Crippen molar-refractivity contribution in [1.82, 2.24) is 0 Å². The van der Waals surface area contributed by atoms with Crippen LogP contribution in [0.5, 0.6) is 0 Å². The molecular formula is C9H7N3. The van der Waals surface area contributed by atoms with Crippen molar-refractivity contribution in [3.8, 4) is 6.07 Å². The minimum absolute atomic E-state index is 0.325. The summed E-state index contributed by atoms with van der Waals surface area (Å²) in [5.74, 6) is 0. The van der Waals surface area contributed by atoms with Gasteiger partial charge in [-0.3, -0.25) is 0 Å². The van der Waals surface area contributed by atoms with E-state index in [2.05, 4.69) is 16.3 Å². The fourth-order valence-electron chi connectivity index (χ4n) is 1.05. The molecule has 0 saturated carbocycles. The van der Waals surface area contributed by atoms with Gasteiger partial charge in [-0.15, -0.1) is 0 Å². The Kier molecular flexibility index (Phi) is 1.25. The Morgan fingerprint density at radius 2 is 1.83 bits per heavy atom. The van der Waals surface area contributed by atoms with Crippen molar-refractivity contribution in [2.45, 2.75) is 12.6 Å². The zero-order valence-electron chi connectivity index (χ0n) is 6.65. The van der Waals surface area contributed by atoms with Gasteiger partial charge in [-0.05, 0) is 19.1 Å². The van der Waals surface area contributed by atoms with Crippen LogP contribution in [-0.4, -0.2) is 0 Å². The Balaban J connectivity index is 2.33. The van der Waals surface area contributed by atoms with Crippen LogP contribution >= 0.6 is 0 Å². The van der Waals surface area contributed by atoms with Crippen LogP contribution in [0.15, 0.2) is 34.5 Å². The van der Waals surface area contributed by atoms with Gasteiger partial charge in [0.15, 0.2) is 0 Å². The van der Waals surface area contributed by atoms with Crippen LogP contribution in [0.3, 0.4) is 0 Å². The van der Waals surface area contributed by atoms with Gasteiger partial charge in [0.05, 0.1) is 11.6 Å². The van der Waals surface area contributed by atoms with Crippen molar-refractivity contribution in [3.63, 3.8) is 0 Å². The van der Waals surface area contributed by atoms with Gasteiger partial charge in [0, 0.05) is 5.56 Å². The largest absolute Gasteiger partial charge is 0.213 e. The Labute approximate surface area is 70.4 Å². The van der Waals surface area contributed by atoms with E-state index in [1.807, 2.05) is 19.1 Å². The minimum atomic E-state index is -0.325. The van der Waals surface area contributed by atoms with Crippen LogP contribution in [0.1, 0.15) is 18.1 Å². The second-order valence-corrected chi connectivity index (χ2v) is 2.91.